The van der Waals surface area contributed by atoms with Gasteiger partial charge < -0.3 is 20.7 Å². The number of amides is 3. The van der Waals surface area contributed by atoms with E-state index >= 15 is 0 Å². The second-order valence-corrected chi connectivity index (χ2v) is 9.16. The predicted molar refractivity (Wildman–Crippen MR) is 108 cm³/mol. The molecule has 3 heterocycles. The highest BCUT2D eigenvalue weighted by atomic mass is 16.5. The van der Waals surface area contributed by atoms with Crippen LogP contribution in [0.25, 0.3) is 0 Å². The number of benzene rings is 1. The summed E-state index contributed by atoms with van der Waals surface area (Å²) in [7, 11) is 0. The highest BCUT2D eigenvalue weighted by Gasteiger charge is 2.47. The van der Waals surface area contributed by atoms with Gasteiger partial charge in [-0.3, -0.25) is 19.7 Å². The first-order valence-corrected chi connectivity index (χ1v) is 10.8. The highest BCUT2D eigenvalue weighted by Crippen LogP contribution is 2.41. The number of carbonyl (C=O) groups is 3. The molecule has 4 aliphatic rings. The molecule has 1 saturated carbocycles. The number of nitrogens with one attached hydrogen (secondary N) is 2. The smallest absolute Gasteiger partial charge is 0.255 e. The van der Waals surface area contributed by atoms with Gasteiger partial charge in [-0.2, -0.15) is 0 Å². The van der Waals surface area contributed by atoms with Crippen molar-refractivity contribution in [3.63, 3.8) is 0 Å². The lowest BCUT2D eigenvalue weighted by atomic mass is 9.71. The summed E-state index contributed by atoms with van der Waals surface area (Å²) < 4.78 is 5.99. The molecule has 30 heavy (non-hydrogen) atoms. The van der Waals surface area contributed by atoms with Crippen LogP contribution in [0.1, 0.15) is 60.0 Å². The van der Waals surface area contributed by atoms with E-state index in [9.17, 15) is 14.4 Å². The van der Waals surface area contributed by atoms with Gasteiger partial charge in [-0.25, -0.2) is 0 Å². The molecule has 0 aromatic heterocycles. The average molecular weight is 412 g/mol. The van der Waals surface area contributed by atoms with E-state index in [0.717, 1.165) is 50.0 Å². The summed E-state index contributed by atoms with van der Waals surface area (Å²) in [6.07, 6.45) is 4.53. The minimum atomic E-state index is -0.573. The molecule has 1 spiro atoms. The standard InChI is InChI=1S/C22H28N4O4/c23-15-8-22(9-15)10-16(5-6-30-22)24-11-13-1-2-17-14(7-13)12-26(21(17)29)18-3-4-19(27)25-20(18)28/h1-2,7,15-16,18,24H,3-6,8-12,23H2,(H,25,27,28). The maximum Gasteiger partial charge on any atom is 0.255 e. The number of nitrogens with two attached hydrogens (primary N) is 1. The summed E-state index contributed by atoms with van der Waals surface area (Å²) in [6, 6.07) is 5.99. The average Bonchev–Trinajstić information content (AvgIpc) is 3.01. The molecule has 4 N–H and O–H groups in total. The molecule has 0 radical (unpaired) electrons. The van der Waals surface area contributed by atoms with Gasteiger partial charge in [0.15, 0.2) is 0 Å². The van der Waals surface area contributed by atoms with E-state index in [0.29, 0.717) is 24.6 Å². The molecule has 3 fully saturated rings. The largest absolute Gasteiger partial charge is 0.375 e. The molecule has 5 rings (SSSR count). The normalized spacial score (nSPS) is 33.4. The third-order valence-electron chi connectivity index (χ3n) is 6.94. The van der Waals surface area contributed by atoms with Crippen molar-refractivity contribution >= 4 is 17.7 Å². The Balaban J connectivity index is 1.21. The minimum Gasteiger partial charge on any atom is -0.375 e. The molecule has 2 unspecified atom stereocenters. The number of rotatable bonds is 4. The molecule has 1 aliphatic carbocycles. The molecule has 3 aliphatic heterocycles. The number of imide groups is 1. The second-order valence-electron chi connectivity index (χ2n) is 9.16. The molecule has 2 saturated heterocycles. The molecular formula is C22H28N4O4. The first kappa shape index (κ1) is 19.7. The van der Waals surface area contributed by atoms with Crippen molar-refractivity contribution in [2.75, 3.05) is 6.61 Å². The summed E-state index contributed by atoms with van der Waals surface area (Å²) in [5.74, 6) is -0.780. The lowest BCUT2D eigenvalue weighted by molar-refractivity contribution is -0.143. The Labute approximate surface area is 175 Å². The maximum atomic E-state index is 12.8. The molecule has 8 nitrogen and oxygen atoms in total. The van der Waals surface area contributed by atoms with Gasteiger partial charge in [-0.1, -0.05) is 12.1 Å². The van der Waals surface area contributed by atoms with Crippen LogP contribution in [-0.4, -0.2) is 53.0 Å². The van der Waals surface area contributed by atoms with Crippen LogP contribution in [0, 0.1) is 0 Å². The van der Waals surface area contributed by atoms with Crippen molar-refractivity contribution in [3.8, 4) is 0 Å². The zero-order chi connectivity index (χ0) is 20.9. The Hall–Kier alpha value is -2.29. The van der Waals surface area contributed by atoms with E-state index in [4.69, 9.17) is 10.5 Å². The Bertz CT molecular complexity index is 890. The van der Waals surface area contributed by atoms with Gasteiger partial charge in [0.25, 0.3) is 5.91 Å². The topological polar surface area (TPSA) is 114 Å². The predicted octanol–water partition coefficient (Wildman–Crippen LogP) is 0.576. The van der Waals surface area contributed by atoms with Crippen LogP contribution in [0.2, 0.25) is 0 Å². The Kier molecular flexibility index (Phi) is 4.88. The lowest BCUT2D eigenvalue weighted by Crippen LogP contribution is -2.58. The third kappa shape index (κ3) is 3.53. The fourth-order valence-electron chi connectivity index (χ4n) is 5.38. The third-order valence-corrected chi connectivity index (χ3v) is 6.94. The molecule has 2 atom stereocenters. The van der Waals surface area contributed by atoms with Crippen molar-refractivity contribution in [2.45, 2.75) is 75.3 Å². The number of hydrogen-bond donors (Lipinski definition) is 3. The Morgan fingerprint density at radius 2 is 2.03 bits per heavy atom. The zero-order valence-electron chi connectivity index (χ0n) is 17.0. The van der Waals surface area contributed by atoms with Crippen molar-refractivity contribution < 1.29 is 19.1 Å². The van der Waals surface area contributed by atoms with Gasteiger partial charge in [0.1, 0.15) is 6.04 Å². The Morgan fingerprint density at radius 3 is 2.80 bits per heavy atom. The van der Waals surface area contributed by atoms with Crippen molar-refractivity contribution in [3.05, 3.63) is 34.9 Å². The van der Waals surface area contributed by atoms with Crippen LogP contribution in [0.15, 0.2) is 18.2 Å². The van der Waals surface area contributed by atoms with Crippen LogP contribution in [0.3, 0.4) is 0 Å². The van der Waals surface area contributed by atoms with Gasteiger partial charge >= 0.3 is 0 Å². The van der Waals surface area contributed by atoms with Crippen LogP contribution in [0.4, 0.5) is 0 Å². The van der Waals surface area contributed by atoms with Gasteiger partial charge in [-0.15, -0.1) is 0 Å². The molecule has 1 aromatic rings. The number of piperidine rings is 1. The summed E-state index contributed by atoms with van der Waals surface area (Å²) in [6.45, 7) is 1.91. The van der Waals surface area contributed by atoms with Crippen molar-refractivity contribution in [1.29, 1.82) is 0 Å². The van der Waals surface area contributed by atoms with E-state index in [1.54, 1.807) is 4.90 Å². The lowest BCUT2D eigenvalue weighted by Gasteiger charge is -2.50. The van der Waals surface area contributed by atoms with Gasteiger partial charge in [-0.05, 0) is 49.3 Å². The fourth-order valence-corrected chi connectivity index (χ4v) is 5.38. The fraction of sp³-hybridized carbons (Fsp3) is 0.591. The molecular weight excluding hydrogens is 384 g/mol. The molecule has 3 amide bonds. The van der Waals surface area contributed by atoms with E-state index < -0.39 is 6.04 Å². The van der Waals surface area contributed by atoms with Crippen LogP contribution in [-0.2, 0) is 27.4 Å². The number of nitrogens with zero attached hydrogens (tertiary/aromatic N) is 1. The summed E-state index contributed by atoms with van der Waals surface area (Å²) in [5, 5.41) is 5.98. The van der Waals surface area contributed by atoms with Gasteiger partial charge in [0.2, 0.25) is 11.8 Å². The molecule has 160 valence electrons. The number of fused-ring (bicyclic) bond motifs is 1. The molecule has 8 heteroatoms. The monoisotopic (exact) mass is 412 g/mol. The van der Waals surface area contributed by atoms with Crippen molar-refractivity contribution in [1.82, 2.24) is 15.5 Å². The van der Waals surface area contributed by atoms with Crippen LogP contribution < -0.4 is 16.4 Å². The first-order chi connectivity index (χ1) is 14.4. The van der Waals surface area contributed by atoms with Gasteiger partial charge in [0.05, 0.1) is 5.60 Å². The minimum absolute atomic E-state index is 0.0257. The summed E-state index contributed by atoms with van der Waals surface area (Å²) in [4.78, 5) is 38.0. The van der Waals surface area contributed by atoms with Crippen molar-refractivity contribution in [2.24, 2.45) is 5.73 Å². The number of hydrogen-bond acceptors (Lipinski definition) is 6. The first-order valence-electron chi connectivity index (χ1n) is 10.8. The van der Waals surface area contributed by atoms with E-state index in [1.165, 1.54) is 0 Å². The zero-order valence-corrected chi connectivity index (χ0v) is 17.0. The number of ether oxygens (including phenoxy) is 1. The second kappa shape index (κ2) is 7.44. The Morgan fingerprint density at radius 1 is 1.20 bits per heavy atom. The SMILES string of the molecule is NC1CC2(C1)CC(NCc1ccc3c(c1)CN(C1CCC(=O)NC1=O)C3=O)CCO2. The summed E-state index contributed by atoms with van der Waals surface area (Å²) in [5.41, 5.74) is 8.65. The van der Waals surface area contributed by atoms with E-state index in [1.807, 2.05) is 12.1 Å². The van der Waals surface area contributed by atoms with E-state index in [-0.39, 0.29) is 35.8 Å². The van der Waals surface area contributed by atoms with Crippen LogP contribution >= 0.6 is 0 Å². The quantitative estimate of drug-likeness (QED) is 0.624. The molecule has 0 bridgehead atoms. The van der Waals surface area contributed by atoms with Crippen LogP contribution in [0.5, 0.6) is 0 Å². The maximum absolute atomic E-state index is 12.8. The summed E-state index contributed by atoms with van der Waals surface area (Å²) >= 11 is 0. The van der Waals surface area contributed by atoms with Gasteiger partial charge in [0, 0.05) is 43.8 Å². The van der Waals surface area contributed by atoms with E-state index in [2.05, 4.69) is 16.7 Å². The number of carbonyl (C=O) groups excluding carboxylic acids is 3. The molecule has 1 aromatic carbocycles. The highest BCUT2D eigenvalue weighted by molar-refractivity contribution is 6.05.